The van der Waals surface area contributed by atoms with Crippen LogP contribution in [-0.2, 0) is 4.79 Å². The lowest BCUT2D eigenvalue weighted by atomic mass is 9.99. The highest BCUT2D eigenvalue weighted by atomic mass is 16.4. The number of carboxylic acid groups (broad SMARTS) is 1. The van der Waals surface area contributed by atoms with Crippen LogP contribution in [0.25, 0.3) is 0 Å². The number of hydrogen-bond acceptors (Lipinski definition) is 3. The summed E-state index contributed by atoms with van der Waals surface area (Å²) in [7, 11) is 2.08. The van der Waals surface area contributed by atoms with Crippen molar-refractivity contribution in [2.24, 2.45) is 5.92 Å². The second-order valence-corrected chi connectivity index (χ2v) is 4.86. The first-order valence-corrected chi connectivity index (χ1v) is 6.46. The summed E-state index contributed by atoms with van der Waals surface area (Å²) in [4.78, 5) is 25.9. The Kier molecular flexibility index (Phi) is 5.91. The standard InChI is InChI=1S/C12H23N3O3/c1-3-15(9-11(16)17)12(18)13-7-10-5-4-6-14(2)8-10/h10H,3-9H2,1-2H3,(H,13,18)(H,16,17). The van der Waals surface area contributed by atoms with Crippen molar-refractivity contribution in [3.63, 3.8) is 0 Å². The largest absolute Gasteiger partial charge is 0.480 e. The molecule has 0 saturated carbocycles. The second-order valence-electron chi connectivity index (χ2n) is 4.86. The van der Waals surface area contributed by atoms with E-state index in [1.807, 2.05) is 0 Å². The molecule has 1 rings (SSSR count). The summed E-state index contributed by atoms with van der Waals surface area (Å²) in [6.07, 6.45) is 2.28. The number of aliphatic carboxylic acids is 1. The lowest BCUT2D eigenvalue weighted by Crippen LogP contribution is -2.46. The molecule has 6 nitrogen and oxygen atoms in total. The molecule has 1 aliphatic heterocycles. The van der Waals surface area contributed by atoms with E-state index in [4.69, 9.17) is 5.11 Å². The highest BCUT2D eigenvalue weighted by Crippen LogP contribution is 2.13. The van der Waals surface area contributed by atoms with Crippen molar-refractivity contribution < 1.29 is 14.7 Å². The van der Waals surface area contributed by atoms with Crippen LogP contribution in [0.1, 0.15) is 19.8 Å². The van der Waals surface area contributed by atoms with E-state index >= 15 is 0 Å². The molecule has 0 aromatic heterocycles. The van der Waals surface area contributed by atoms with Gasteiger partial charge in [-0.1, -0.05) is 0 Å². The zero-order valence-electron chi connectivity index (χ0n) is 11.2. The molecule has 0 spiro atoms. The van der Waals surface area contributed by atoms with Crippen LogP contribution < -0.4 is 5.32 Å². The minimum absolute atomic E-state index is 0.243. The lowest BCUT2D eigenvalue weighted by molar-refractivity contribution is -0.137. The maximum absolute atomic E-state index is 11.8. The summed E-state index contributed by atoms with van der Waals surface area (Å²) in [6, 6.07) is -0.284. The molecule has 0 aromatic carbocycles. The van der Waals surface area contributed by atoms with Gasteiger partial charge in [0.2, 0.25) is 0 Å². The number of nitrogens with zero attached hydrogens (tertiary/aromatic N) is 2. The van der Waals surface area contributed by atoms with E-state index in [0.717, 1.165) is 25.9 Å². The molecular formula is C12H23N3O3. The van der Waals surface area contributed by atoms with E-state index in [-0.39, 0.29) is 12.6 Å². The Labute approximate surface area is 108 Å². The maximum atomic E-state index is 11.8. The minimum atomic E-state index is -0.982. The van der Waals surface area contributed by atoms with Crippen molar-refractivity contribution in [3.05, 3.63) is 0 Å². The molecule has 2 N–H and O–H groups in total. The number of likely N-dealkylation sites (N-methyl/N-ethyl adjacent to an activating group) is 1. The van der Waals surface area contributed by atoms with Gasteiger partial charge in [-0.15, -0.1) is 0 Å². The van der Waals surface area contributed by atoms with Gasteiger partial charge in [0, 0.05) is 19.6 Å². The third kappa shape index (κ3) is 4.91. The number of piperidine rings is 1. The monoisotopic (exact) mass is 257 g/mol. The highest BCUT2D eigenvalue weighted by Gasteiger charge is 2.19. The summed E-state index contributed by atoms with van der Waals surface area (Å²) in [5, 5.41) is 11.5. The summed E-state index contributed by atoms with van der Waals surface area (Å²) in [5.41, 5.74) is 0. The molecule has 0 bridgehead atoms. The molecule has 0 aliphatic carbocycles. The van der Waals surface area contributed by atoms with Gasteiger partial charge in [-0.05, 0) is 39.3 Å². The number of carbonyl (C=O) groups excluding carboxylic acids is 1. The molecule has 1 fully saturated rings. The zero-order chi connectivity index (χ0) is 13.5. The molecule has 2 amide bonds. The molecule has 1 unspecified atom stereocenters. The average molecular weight is 257 g/mol. The van der Waals surface area contributed by atoms with Crippen molar-refractivity contribution in [1.29, 1.82) is 0 Å². The molecule has 18 heavy (non-hydrogen) atoms. The Hall–Kier alpha value is -1.30. The fraction of sp³-hybridized carbons (Fsp3) is 0.833. The number of hydrogen-bond donors (Lipinski definition) is 2. The van der Waals surface area contributed by atoms with Crippen LogP contribution in [0, 0.1) is 5.92 Å². The Morgan fingerprint density at radius 1 is 1.50 bits per heavy atom. The topological polar surface area (TPSA) is 72.9 Å². The maximum Gasteiger partial charge on any atom is 0.323 e. The molecule has 0 radical (unpaired) electrons. The van der Waals surface area contributed by atoms with Gasteiger partial charge in [-0.2, -0.15) is 0 Å². The third-order valence-electron chi connectivity index (χ3n) is 3.26. The Morgan fingerprint density at radius 2 is 2.22 bits per heavy atom. The number of nitrogens with one attached hydrogen (secondary N) is 1. The average Bonchev–Trinajstić information content (AvgIpc) is 2.33. The van der Waals surface area contributed by atoms with Gasteiger partial charge in [0.05, 0.1) is 0 Å². The Morgan fingerprint density at radius 3 is 2.78 bits per heavy atom. The first-order valence-electron chi connectivity index (χ1n) is 6.46. The fourth-order valence-corrected chi connectivity index (χ4v) is 2.27. The lowest BCUT2D eigenvalue weighted by Gasteiger charge is -2.30. The van der Waals surface area contributed by atoms with E-state index in [2.05, 4.69) is 17.3 Å². The number of rotatable bonds is 5. The van der Waals surface area contributed by atoms with Gasteiger partial charge >= 0.3 is 12.0 Å². The molecular weight excluding hydrogens is 234 g/mol. The van der Waals surface area contributed by atoms with Crippen molar-refractivity contribution in [3.8, 4) is 0 Å². The fourth-order valence-electron chi connectivity index (χ4n) is 2.27. The number of urea groups is 1. The van der Waals surface area contributed by atoms with Gasteiger partial charge < -0.3 is 20.2 Å². The van der Waals surface area contributed by atoms with Crippen LogP contribution in [0.2, 0.25) is 0 Å². The van der Waals surface area contributed by atoms with Gasteiger partial charge in [-0.3, -0.25) is 4.79 Å². The summed E-state index contributed by atoms with van der Waals surface area (Å²) in [6.45, 7) is 4.67. The quantitative estimate of drug-likeness (QED) is 0.750. The summed E-state index contributed by atoms with van der Waals surface area (Å²) >= 11 is 0. The number of amides is 2. The van der Waals surface area contributed by atoms with E-state index in [1.165, 1.54) is 4.90 Å². The summed E-state index contributed by atoms with van der Waals surface area (Å²) < 4.78 is 0. The van der Waals surface area contributed by atoms with E-state index in [1.54, 1.807) is 6.92 Å². The highest BCUT2D eigenvalue weighted by molar-refractivity contribution is 5.80. The number of likely N-dealkylation sites (tertiary alicyclic amines) is 1. The van der Waals surface area contributed by atoms with E-state index in [9.17, 15) is 9.59 Å². The number of carboxylic acids is 1. The van der Waals surface area contributed by atoms with Crippen molar-refractivity contribution >= 4 is 12.0 Å². The molecule has 104 valence electrons. The van der Waals surface area contributed by atoms with Crippen molar-refractivity contribution in [1.82, 2.24) is 15.1 Å². The zero-order valence-corrected chi connectivity index (χ0v) is 11.2. The van der Waals surface area contributed by atoms with Crippen LogP contribution in [0.3, 0.4) is 0 Å². The van der Waals surface area contributed by atoms with Gasteiger partial charge in [0.15, 0.2) is 0 Å². The van der Waals surface area contributed by atoms with Gasteiger partial charge in [-0.25, -0.2) is 4.79 Å². The third-order valence-corrected chi connectivity index (χ3v) is 3.26. The van der Waals surface area contributed by atoms with Gasteiger partial charge in [0.25, 0.3) is 0 Å². The SMILES string of the molecule is CCN(CC(=O)O)C(=O)NCC1CCCN(C)C1. The predicted molar refractivity (Wildman–Crippen MR) is 68.5 cm³/mol. The van der Waals surface area contributed by atoms with Crippen LogP contribution >= 0.6 is 0 Å². The van der Waals surface area contributed by atoms with Crippen molar-refractivity contribution in [2.75, 3.05) is 39.8 Å². The van der Waals surface area contributed by atoms with E-state index in [0.29, 0.717) is 19.0 Å². The first kappa shape index (κ1) is 14.8. The molecule has 0 aromatic rings. The van der Waals surface area contributed by atoms with Gasteiger partial charge in [0.1, 0.15) is 6.54 Å². The first-order chi connectivity index (χ1) is 8.52. The van der Waals surface area contributed by atoms with Crippen molar-refractivity contribution in [2.45, 2.75) is 19.8 Å². The minimum Gasteiger partial charge on any atom is -0.480 e. The smallest absolute Gasteiger partial charge is 0.323 e. The van der Waals surface area contributed by atoms with Crippen LogP contribution in [0.5, 0.6) is 0 Å². The normalized spacial score (nSPS) is 20.4. The van der Waals surface area contributed by atoms with Crippen LogP contribution in [0.15, 0.2) is 0 Å². The Bertz CT molecular complexity index is 296. The molecule has 1 aliphatic rings. The predicted octanol–water partition coefficient (Wildman–Crippen LogP) is 0.444. The Balaban J connectivity index is 2.32. The van der Waals surface area contributed by atoms with Crippen LogP contribution in [-0.4, -0.2) is 66.7 Å². The summed E-state index contributed by atoms with van der Waals surface area (Å²) in [5.74, 6) is -0.513. The molecule has 1 saturated heterocycles. The number of carbonyl (C=O) groups is 2. The molecule has 1 atom stereocenters. The molecule has 1 heterocycles. The van der Waals surface area contributed by atoms with E-state index < -0.39 is 5.97 Å². The van der Waals surface area contributed by atoms with Crippen LogP contribution in [0.4, 0.5) is 4.79 Å². The molecule has 6 heteroatoms. The second kappa shape index (κ2) is 7.20.